The van der Waals surface area contributed by atoms with Gasteiger partial charge >= 0.3 is 0 Å². The Morgan fingerprint density at radius 2 is 1.90 bits per heavy atom. The lowest BCUT2D eigenvalue weighted by atomic mass is 10.2. The molecule has 1 N–H and O–H groups in total. The highest BCUT2D eigenvalue weighted by molar-refractivity contribution is 7.98. The molecule has 0 aliphatic heterocycles. The van der Waals surface area contributed by atoms with Crippen LogP contribution < -0.4 is 10.1 Å². The van der Waals surface area contributed by atoms with Crippen LogP contribution in [0.15, 0.2) is 72.1 Å². The third kappa shape index (κ3) is 5.01. The van der Waals surface area contributed by atoms with Gasteiger partial charge in [-0.05, 0) is 48.5 Å². The highest BCUT2D eigenvalue weighted by atomic mass is 35.5. The van der Waals surface area contributed by atoms with Crippen LogP contribution in [0.25, 0.3) is 5.69 Å². The van der Waals surface area contributed by atoms with Crippen LogP contribution in [0.2, 0.25) is 5.02 Å². The first-order chi connectivity index (χ1) is 15.1. The fourth-order valence-electron chi connectivity index (χ4n) is 2.79. The monoisotopic (exact) mass is 452 g/mol. The minimum atomic E-state index is -0.383. The molecule has 0 aliphatic rings. The van der Waals surface area contributed by atoms with E-state index in [2.05, 4.69) is 25.6 Å². The predicted octanol–water partition coefficient (Wildman–Crippen LogP) is 4.26. The largest absolute Gasteiger partial charge is 0.497 e. The van der Waals surface area contributed by atoms with Crippen LogP contribution in [0, 0.1) is 0 Å². The maximum Gasteiger partial charge on any atom is 0.278 e. The number of hydrogen-bond acceptors (Lipinski definition) is 7. The maximum absolute atomic E-state index is 13.0. The molecule has 2 heterocycles. The molecular formula is C21H17ClN6O2S. The van der Waals surface area contributed by atoms with Crippen LogP contribution in [0.5, 0.6) is 5.75 Å². The molecule has 0 aliphatic carbocycles. The number of aromatic nitrogens is 5. The summed E-state index contributed by atoms with van der Waals surface area (Å²) in [4.78, 5) is 21.4. The number of carbonyl (C=O) groups excluding carboxylic acids is 1. The van der Waals surface area contributed by atoms with Gasteiger partial charge in [0.15, 0.2) is 10.9 Å². The first kappa shape index (κ1) is 20.8. The summed E-state index contributed by atoms with van der Waals surface area (Å²) in [5.74, 6) is 0.726. The normalized spacial score (nSPS) is 10.6. The van der Waals surface area contributed by atoms with Gasteiger partial charge in [0, 0.05) is 28.9 Å². The molecule has 1 amide bonds. The number of nitrogens with zero attached hydrogens (tertiary/aromatic N) is 5. The van der Waals surface area contributed by atoms with E-state index in [0.29, 0.717) is 27.3 Å². The van der Waals surface area contributed by atoms with E-state index in [0.717, 1.165) is 11.4 Å². The fraction of sp³-hybridized carbons (Fsp3) is 0.0952. The van der Waals surface area contributed by atoms with Gasteiger partial charge in [-0.25, -0.2) is 14.6 Å². The average Bonchev–Trinajstić information content (AvgIpc) is 3.22. The SMILES string of the molecule is COc1ccc(-n2nnc(C(=O)Nc3cccc(Cl)c3)c2CSc2ncccn2)cc1. The van der Waals surface area contributed by atoms with Gasteiger partial charge in [-0.1, -0.05) is 34.6 Å². The molecule has 10 heteroatoms. The Balaban J connectivity index is 1.66. The Bertz CT molecular complexity index is 1180. The van der Waals surface area contributed by atoms with Crippen LogP contribution in [-0.2, 0) is 5.75 Å². The summed E-state index contributed by atoms with van der Waals surface area (Å²) >= 11 is 7.41. The summed E-state index contributed by atoms with van der Waals surface area (Å²) in [5.41, 5.74) is 2.14. The first-order valence-corrected chi connectivity index (χ1v) is 10.6. The van der Waals surface area contributed by atoms with Crippen molar-refractivity contribution in [2.24, 2.45) is 0 Å². The van der Waals surface area contributed by atoms with Crippen molar-refractivity contribution in [3.63, 3.8) is 0 Å². The Labute approximate surface area is 187 Å². The first-order valence-electron chi connectivity index (χ1n) is 9.20. The number of ether oxygens (including phenoxy) is 1. The molecule has 0 saturated heterocycles. The predicted molar refractivity (Wildman–Crippen MR) is 119 cm³/mol. The number of nitrogens with one attached hydrogen (secondary N) is 1. The molecule has 0 radical (unpaired) electrons. The van der Waals surface area contributed by atoms with Gasteiger partial charge < -0.3 is 10.1 Å². The highest BCUT2D eigenvalue weighted by Crippen LogP contribution is 2.24. The van der Waals surface area contributed by atoms with Gasteiger partial charge in [-0.2, -0.15) is 0 Å². The van der Waals surface area contributed by atoms with Crippen LogP contribution in [-0.4, -0.2) is 38.0 Å². The quantitative estimate of drug-likeness (QED) is 0.330. The van der Waals surface area contributed by atoms with Crippen molar-refractivity contribution in [3.05, 3.63) is 83.4 Å². The summed E-state index contributed by atoms with van der Waals surface area (Å²) in [6.45, 7) is 0. The van der Waals surface area contributed by atoms with Crippen molar-refractivity contribution >= 4 is 35.0 Å². The van der Waals surface area contributed by atoms with E-state index in [9.17, 15) is 4.79 Å². The lowest BCUT2D eigenvalue weighted by Gasteiger charge is -2.09. The van der Waals surface area contributed by atoms with Crippen LogP contribution >= 0.6 is 23.4 Å². The van der Waals surface area contributed by atoms with Crippen LogP contribution in [0.1, 0.15) is 16.2 Å². The van der Waals surface area contributed by atoms with Crippen molar-refractivity contribution in [2.45, 2.75) is 10.9 Å². The maximum atomic E-state index is 13.0. The van der Waals surface area contributed by atoms with E-state index in [1.165, 1.54) is 11.8 Å². The molecular weight excluding hydrogens is 436 g/mol. The number of anilines is 1. The van der Waals surface area contributed by atoms with E-state index < -0.39 is 0 Å². The molecule has 2 aromatic heterocycles. The van der Waals surface area contributed by atoms with Crippen molar-refractivity contribution in [1.29, 1.82) is 0 Å². The zero-order chi connectivity index (χ0) is 21.6. The summed E-state index contributed by atoms with van der Waals surface area (Å²) in [7, 11) is 1.60. The Morgan fingerprint density at radius 3 is 2.61 bits per heavy atom. The van der Waals surface area contributed by atoms with Crippen LogP contribution in [0.3, 0.4) is 0 Å². The fourth-order valence-corrected chi connectivity index (χ4v) is 3.77. The van der Waals surface area contributed by atoms with Gasteiger partial charge in [0.2, 0.25) is 0 Å². The van der Waals surface area contributed by atoms with Gasteiger partial charge in [0.25, 0.3) is 5.91 Å². The summed E-state index contributed by atoms with van der Waals surface area (Å²) in [6.07, 6.45) is 3.34. The number of halogens is 1. The van der Waals surface area contributed by atoms with E-state index in [1.807, 2.05) is 24.3 Å². The minimum Gasteiger partial charge on any atom is -0.497 e. The van der Waals surface area contributed by atoms with E-state index in [4.69, 9.17) is 16.3 Å². The van der Waals surface area contributed by atoms with Gasteiger partial charge in [-0.15, -0.1) is 5.10 Å². The van der Waals surface area contributed by atoms with Gasteiger partial charge in [-0.3, -0.25) is 4.79 Å². The van der Waals surface area contributed by atoms with E-state index in [-0.39, 0.29) is 11.6 Å². The zero-order valence-electron chi connectivity index (χ0n) is 16.4. The summed E-state index contributed by atoms with van der Waals surface area (Å²) < 4.78 is 6.85. The molecule has 2 aromatic carbocycles. The number of amides is 1. The lowest BCUT2D eigenvalue weighted by molar-refractivity contribution is 0.102. The Hall–Kier alpha value is -3.43. The van der Waals surface area contributed by atoms with Crippen LogP contribution in [0.4, 0.5) is 5.69 Å². The van der Waals surface area contributed by atoms with Crippen molar-refractivity contribution in [1.82, 2.24) is 25.0 Å². The molecule has 4 rings (SSSR count). The lowest BCUT2D eigenvalue weighted by Crippen LogP contribution is -2.15. The number of rotatable bonds is 7. The van der Waals surface area contributed by atoms with Crippen molar-refractivity contribution in [2.75, 3.05) is 12.4 Å². The second-order valence-electron chi connectivity index (χ2n) is 6.28. The van der Waals surface area contributed by atoms with E-state index in [1.54, 1.807) is 54.5 Å². The molecule has 0 bridgehead atoms. The molecule has 0 atom stereocenters. The molecule has 31 heavy (non-hydrogen) atoms. The van der Waals surface area contributed by atoms with Crippen molar-refractivity contribution < 1.29 is 9.53 Å². The number of thioether (sulfide) groups is 1. The second-order valence-corrected chi connectivity index (χ2v) is 7.66. The average molecular weight is 453 g/mol. The van der Waals surface area contributed by atoms with Gasteiger partial charge in [0.1, 0.15) is 5.75 Å². The number of benzene rings is 2. The molecule has 0 saturated carbocycles. The molecule has 0 unspecified atom stereocenters. The van der Waals surface area contributed by atoms with Gasteiger partial charge in [0.05, 0.1) is 18.5 Å². The summed E-state index contributed by atoms with van der Waals surface area (Å²) in [5, 5.41) is 12.3. The third-order valence-corrected chi connectivity index (χ3v) is 5.38. The second kappa shape index (κ2) is 9.59. The van der Waals surface area contributed by atoms with Crippen molar-refractivity contribution in [3.8, 4) is 11.4 Å². The Kier molecular flexibility index (Phi) is 6.44. The summed E-state index contributed by atoms with van der Waals surface area (Å²) in [6, 6.07) is 16.0. The highest BCUT2D eigenvalue weighted by Gasteiger charge is 2.21. The zero-order valence-corrected chi connectivity index (χ0v) is 18.0. The standard InChI is InChI=1S/C21H17ClN6O2S/c1-30-17-8-6-16(7-9-17)28-18(13-31-21-23-10-3-11-24-21)19(26-27-28)20(29)25-15-5-2-4-14(22)12-15/h2-12H,13H2,1H3,(H,25,29). The van der Waals surface area contributed by atoms with E-state index >= 15 is 0 Å². The smallest absolute Gasteiger partial charge is 0.278 e. The molecule has 156 valence electrons. The molecule has 8 nitrogen and oxygen atoms in total. The number of methoxy groups -OCH3 is 1. The third-order valence-electron chi connectivity index (χ3n) is 4.26. The number of hydrogen-bond donors (Lipinski definition) is 1. The molecule has 4 aromatic rings. The molecule has 0 spiro atoms. The Morgan fingerprint density at radius 1 is 1.13 bits per heavy atom. The number of carbonyl (C=O) groups is 1. The topological polar surface area (TPSA) is 94.8 Å². The minimum absolute atomic E-state index is 0.208. The molecule has 0 fully saturated rings.